The summed E-state index contributed by atoms with van der Waals surface area (Å²) in [5.74, 6) is -0.934. The van der Waals surface area contributed by atoms with E-state index in [1.165, 1.54) is 0 Å². The first-order chi connectivity index (χ1) is 10.2. The fourth-order valence-electron chi connectivity index (χ4n) is 2.70. The van der Waals surface area contributed by atoms with E-state index in [0.717, 1.165) is 10.8 Å². The number of benzene rings is 2. The minimum atomic E-state index is -0.934. The number of aromatic carboxylic acids is 1. The van der Waals surface area contributed by atoms with Crippen molar-refractivity contribution in [1.29, 1.82) is 0 Å². The third kappa shape index (κ3) is 2.21. The van der Waals surface area contributed by atoms with Gasteiger partial charge in [0.25, 0.3) is 0 Å². The van der Waals surface area contributed by atoms with Gasteiger partial charge in [0.2, 0.25) is 0 Å². The van der Waals surface area contributed by atoms with Gasteiger partial charge in [-0.25, -0.2) is 4.79 Å². The zero-order valence-corrected chi connectivity index (χ0v) is 13.2. The SMILES string of the molecule is CC1(C)OB(c2cccc3c(C(=O)O)cccc23)OC1(C)C. The summed E-state index contributed by atoms with van der Waals surface area (Å²) in [6.07, 6.45) is 0. The Morgan fingerprint density at radius 3 is 2.09 bits per heavy atom. The summed E-state index contributed by atoms with van der Waals surface area (Å²) in [6.45, 7) is 8.00. The van der Waals surface area contributed by atoms with Gasteiger partial charge in [0.15, 0.2) is 0 Å². The minimum Gasteiger partial charge on any atom is -0.478 e. The molecular weight excluding hydrogens is 279 g/mol. The molecule has 0 saturated carbocycles. The fourth-order valence-corrected chi connectivity index (χ4v) is 2.70. The second-order valence-electron chi connectivity index (χ2n) is 6.64. The molecule has 5 heteroatoms. The van der Waals surface area contributed by atoms with E-state index < -0.39 is 24.3 Å². The minimum absolute atomic E-state index is 0.288. The molecule has 1 fully saturated rings. The van der Waals surface area contributed by atoms with Crippen LogP contribution in [0.4, 0.5) is 0 Å². The molecule has 0 spiro atoms. The van der Waals surface area contributed by atoms with E-state index in [0.29, 0.717) is 5.39 Å². The van der Waals surface area contributed by atoms with Crippen molar-refractivity contribution in [3.05, 3.63) is 42.0 Å². The van der Waals surface area contributed by atoms with E-state index in [1.54, 1.807) is 12.1 Å². The molecule has 1 aliphatic rings. The van der Waals surface area contributed by atoms with Crippen LogP contribution in [0.2, 0.25) is 0 Å². The quantitative estimate of drug-likeness (QED) is 0.866. The Hall–Kier alpha value is -1.85. The van der Waals surface area contributed by atoms with Crippen molar-refractivity contribution in [3.63, 3.8) is 0 Å². The summed E-state index contributed by atoms with van der Waals surface area (Å²) < 4.78 is 12.2. The Morgan fingerprint density at radius 2 is 1.50 bits per heavy atom. The van der Waals surface area contributed by atoms with Crippen LogP contribution in [0.15, 0.2) is 36.4 Å². The van der Waals surface area contributed by atoms with Crippen LogP contribution >= 0.6 is 0 Å². The van der Waals surface area contributed by atoms with Crippen molar-refractivity contribution in [2.75, 3.05) is 0 Å². The second-order valence-corrected chi connectivity index (χ2v) is 6.64. The Balaban J connectivity index is 2.14. The van der Waals surface area contributed by atoms with Gasteiger partial charge in [0.1, 0.15) is 0 Å². The van der Waals surface area contributed by atoms with Gasteiger partial charge in [-0.2, -0.15) is 0 Å². The Morgan fingerprint density at radius 1 is 0.955 bits per heavy atom. The molecule has 3 rings (SSSR count). The van der Waals surface area contributed by atoms with Crippen molar-refractivity contribution in [1.82, 2.24) is 0 Å². The predicted octanol–water partition coefficient (Wildman–Crippen LogP) is 2.84. The first-order valence-corrected chi connectivity index (χ1v) is 7.33. The van der Waals surface area contributed by atoms with Crippen LogP contribution in [0.3, 0.4) is 0 Å². The van der Waals surface area contributed by atoms with Gasteiger partial charge in [-0.15, -0.1) is 0 Å². The molecule has 1 heterocycles. The number of hydrogen-bond donors (Lipinski definition) is 1. The molecule has 1 aliphatic heterocycles. The molecule has 0 aliphatic carbocycles. The highest BCUT2D eigenvalue weighted by atomic mass is 16.7. The molecule has 114 valence electrons. The zero-order chi connectivity index (χ0) is 16.1. The maximum absolute atomic E-state index is 11.4. The summed E-state index contributed by atoms with van der Waals surface area (Å²) in [4.78, 5) is 11.4. The van der Waals surface area contributed by atoms with E-state index in [9.17, 15) is 9.90 Å². The van der Waals surface area contributed by atoms with Crippen LogP contribution in [-0.2, 0) is 9.31 Å². The van der Waals surface area contributed by atoms with Gasteiger partial charge < -0.3 is 14.4 Å². The highest BCUT2D eigenvalue weighted by Gasteiger charge is 2.52. The number of carbonyl (C=O) groups is 1. The number of rotatable bonds is 2. The van der Waals surface area contributed by atoms with Gasteiger partial charge in [0, 0.05) is 0 Å². The summed E-state index contributed by atoms with van der Waals surface area (Å²) in [5.41, 5.74) is 0.296. The molecule has 2 aromatic rings. The van der Waals surface area contributed by atoms with E-state index in [2.05, 4.69) is 0 Å². The predicted molar refractivity (Wildman–Crippen MR) is 86.6 cm³/mol. The third-order valence-corrected chi connectivity index (χ3v) is 4.69. The first-order valence-electron chi connectivity index (χ1n) is 7.33. The molecule has 0 bridgehead atoms. The highest BCUT2D eigenvalue weighted by molar-refractivity contribution is 6.65. The lowest BCUT2D eigenvalue weighted by atomic mass is 9.75. The molecule has 4 nitrogen and oxygen atoms in total. The second kappa shape index (κ2) is 4.83. The molecule has 0 unspecified atom stereocenters. The molecule has 1 saturated heterocycles. The van der Waals surface area contributed by atoms with Gasteiger partial charge >= 0.3 is 13.1 Å². The maximum atomic E-state index is 11.4. The molecule has 2 aromatic carbocycles. The number of hydrogen-bond acceptors (Lipinski definition) is 3. The van der Waals surface area contributed by atoms with Crippen molar-refractivity contribution in [2.24, 2.45) is 0 Å². The van der Waals surface area contributed by atoms with Crippen LogP contribution in [0.25, 0.3) is 10.8 Å². The summed E-state index contributed by atoms with van der Waals surface area (Å²) >= 11 is 0. The average molecular weight is 298 g/mol. The van der Waals surface area contributed by atoms with Crippen LogP contribution in [0.5, 0.6) is 0 Å². The molecule has 0 atom stereocenters. The Labute approximate surface area is 130 Å². The van der Waals surface area contributed by atoms with Gasteiger partial charge in [-0.05, 0) is 50.0 Å². The topological polar surface area (TPSA) is 55.8 Å². The number of carboxylic acid groups (broad SMARTS) is 1. The van der Waals surface area contributed by atoms with Crippen molar-refractivity contribution >= 4 is 29.3 Å². The largest absolute Gasteiger partial charge is 0.495 e. The lowest BCUT2D eigenvalue weighted by molar-refractivity contribution is 0.00578. The number of fused-ring (bicyclic) bond motifs is 1. The number of carboxylic acids is 1. The van der Waals surface area contributed by atoms with Gasteiger partial charge in [-0.1, -0.05) is 30.3 Å². The van der Waals surface area contributed by atoms with Crippen molar-refractivity contribution in [3.8, 4) is 0 Å². The lowest BCUT2D eigenvalue weighted by Gasteiger charge is -2.32. The van der Waals surface area contributed by atoms with Gasteiger partial charge in [-0.3, -0.25) is 0 Å². The average Bonchev–Trinajstić information content (AvgIpc) is 2.65. The van der Waals surface area contributed by atoms with E-state index in [-0.39, 0.29) is 5.56 Å². The van der Waals surface area contributed by atoms with Crippen LogP contribution in [0, 0.1) is 0 Å². The normalized spacial score (nSPS) is 19.5. The Bertz CT molecular complexity index is 735. The van der Waals surface area contributed by atoms with Crippen LogP contribution < -0.4 is 5.46 Å². The van der Waals surface area contributed by atoms with Crippen LogP contribution in [-0.4, -0.2) is 29.4 Å². The van der Waals surface area contributed by atoms with E-state index in [4.69, 9.17) is 9.31 Å². The third-order valence-electron chi connectivity index (χ3n) is 4.69. The maximum Gasteiger partial charge on any atom is 0.495 e. The van der Waals surface area contributed by atoms with Crippen molar-refractivity contribution < 1.29 is 19.2 Å². The summed E-state index contributed by atoms with van der Waals surface area (Å²) in [6, 6.07) is 10.8. The fraction of sp³-hybridized carbons (Fsp3) is 0.353. The van der Waals surface area contributed by atoms with E-state index >= 15 is 0 Å². The lowest BCUT2D eigenvalue weighted by Crippen LogP contribution is -2.41. The molecule has 0 aromatic heterocycles. The Kier molecular flexibility index (Phi) is 3.31. The molecule has 1 N–H and O–H groups in total. The molecule has 0 amide bonds. The van der Waals surface area contributed by atoms with Crippen LogP contribution in [0.1, 0.15) is 38.1 Å². The van der Waals surface area contributed by atoms with Crippen molar-refractivity contribution in [2.45, 2.75) is 38.9 Å². The monoisotopic (exact) mass is 298 g/mol. The summed E-state index contributed by atoms with van der Waals surface area (Å²) in [7, 11) is -0.502. The van der Waals surface area contributed by atoms with E-state index in [1.807, 2.05) is 52.0 Å². The first kappa shape index (κ1) is 15.1. The van der Waals surface area contributed by atoms with Gasteiger partial charge in [0.05, 0.1) is 16.8 Å². The standard InChI is InChI=1S/C17H19BO4/c1-16(2)17(3,4)22-18(21-16)14-10-6-7-11-12(14)8-5-9-13(11)15(19)20/h5-10H,1-4H3,(H,19,20). The smallest absolute Gasteiger partial charge is 0.478 e. The molecular formula is C17H19BO4. The highest BCUT2D eigenvalue weighted by Crippen LogP contribution is 2.37. The summed E-state index contributed by atoms with van der Waals surface area (Å²) in [5, 5.41) is 10.9. The molecule has 0 radical (unpaired) electrons. The molecule has 22 heavy (non-hydrogen) atoms. The zero-order valence-electron chi connectivity index (χ0n) is 13.2.